The predicted molar refractivity (Wildman–Crippen MR) is 129 cm³/mol. The van der Waals surface area contributed by atoms with E-state index in [2.05, 4.69) is 34.6 Å². The highest BCUT2D eigenvalue weighted by molar-refractivity contribution is 7.89. The summed E-state index contributed by atoms with van der Waals surface area (Å²) in [5, 5.41) is 10.7. The Kier molecular flexibility index (Phi) is 7.43. The van der Waals surface area contributed by atoms with Crippen molar-refractivity contribution >= 4 is 15.9 Å². The van der Waals surface area contributed by atoms with Crippen molar-refractivity contribution in [1.82, 2.24) is 19.8 Å². The highest BCUT2D eigenvalue weighted by atomic mass is 32.2. The molecule has 0 saturated carbocycles. The van der Waals surface area contributed by atoms with Crippen molar-refractivity contribution in [3.05, 3.63) is 66.1 Å². The van der Waals surface area contributed by atoms with Gasteiger partial charge < -0.3 is 9.73 Å². The normalized spacial score (nSPS) is 16.3. The summed E-state index contributed by atoms with van der Waals surface area (Å²) in [5.41, 5.74) is 1.76. The molecule has 3 aromatic rings. The van der Waals surface area contributed by atoms with Gasteiger partial charge >= 0.3 is 11.8 Å². The standard InChI is InChI=1S/C25H30N4O4S/c1-18-14-16-29(17-15-18)34(31,32)22-12-10-21(11-13-22)24-27-28-25(33-24)23(30)26-19(2)8-9-20-6-4-3-5-7-20/h3-7,10-13,18-19H,8-9,14-17H2,1-2H3,(H,26,30)/t19-/m1/s1. The van der Waals surface area contributed by atoms with E-state index in [1.807, 2.05) is 25.1 Å². The number of hydrogen-bond donors (Lipinski definition) is 1. The van der Waals surface area contributed by atoms with Gasteiger partial charge in [-0.2, -0.15) is 4.31 Å². The van der Waals surface area contributed by atoms with Crippen LogP contribution in [-0.4, -0.2) is 48.0 Å². The van der Waals surface area contributed by atoms with E-state index in [9.17, 15) is 13.2 Å². The molecule has 1 N–H and O–H groups in total. The van der Waals surface area contributed by atoms with E-state index < -0.39 is 15.9 Å². The SMILES string of the molecule is CC1CCN(S(=O)(=O)c2ccc(-c3nnc(C(=O)N[C@H](C)CCc4ccccc4)o3)cc2)CC1. The molecule has 1 saturated heterocycles. The van der Waals surface area contributed by atoms with Crippen molar-refractivity contribution in [1.29, 1.82) is 0 Å². The number of rotatable bonds is 8. The van der Waals surface area contributed by atoms with Crippen LogP contribution in [-0.2, 0) is 16.4 Å². The molecular formula is C25H30N4O4S. The van der Waals surface area contributed by atoms with E-state index in [0.717, 1.165) is 25.7 Å². The third kappa shape index (κ3) is 5.71. The van der Waals surface area contributed by atoms with Gasteiger partial charge in [0.05, 0.1) is 4.90 Å². The van der Waals surface area contributed by atoms with E-state index in [1.54, 1.807) is 12.1 Å². The lowest BCUT2D eigenvalue weighted by Gasteiger charge is -2.29. The lowest BCUT2D eigenvalue weighted by molar-refractivity contribution is 0.0904. The number of carbonyl (C=O) groups is 1. The Hall–Kier alpha value is -3.04. The zero-order valence-corrected chi connectivity index (χ0v) is 20.3. The Bertz CT molecular complexity index is 1200. The van der Waals surface area contributed by atoms with Crippen LogP contribution in [0.25, 0.3) is 11.5 Å². The second-order valence-corrected chi connectivity index (χ2v) is 10.9. The first-order chi connectivity index (χ1) is 16.3. The molecule has 0 spiro atoms. The fourth-order valence-corrected chi connectivity index (χ4v) is 5.43. The summed E-state index contributed by atoms with van der Waals surface area (Å²) >= 11 is 0. The number of carbonyl (C=O) groups excluding carboxylic acids is 1. The number of sulfonamides is 1. The molecule has 34 heavy (non-hydrogen) atoms. The summed E-state index contributed by atoms with van der Waals surface area (Å²) in [6.07, 6.45) is 3.37. The topological polar surface area (TPSA) is 105 Å². The molecule has 1 aromatic heterocycles. The number of aromatic nitrogens is 2. The summed E-state index contributed by atoms with van der Waals surface area (Å²) < 4.78 is 32.9. The van der Waals surface area contributed by atoms with E-state index >= 15 is 0 Å². The minimum absolute atomic E-state index is 0.0645. The Labute approximate surface area is 200 Å². The Morgan fingerprint density at radius 2 is 1.76 bits per heavy atom. The van der Waals surface area contributed by atoms with Gasteiger partial charge in [-0.15, -0.1) is 10.2 Å². The largest absolute Gasteiger partial charge is 0.412 e. The van der Waals surface area contributed by atoms with E-state index in [1.165, 1.54) is 22.0 Å². The van der Waals surface area contributed by atoms with Gasteiger partial charge in [-0.05, 0) is 68.4 Å². The average Bonchev–Trinajstić information content (AvgIpc) is 3.34. The zero-order chi connectivity index (χ0) is 24.1. The van der Waals surface area contributed by atoms with Gasteiger partial charge in [0, 0.05) is 24.7 Å². The molecule has 180 valence electrons. The highest BCUT2D eigenvalue weighted by Gasteiger charge is 2.28. The van der Waals surface area contributed by atoms with Crippen LogP contribution < -0.4 is 5.32 Å². The number of hydrogen-bond acceptors (Lipinski definition) is 6. The fraction of sp³-hybridized carbons (Fsp3) is 0.400. The van der Waals surface area contributed by atoms with Crippen molar-refractivity contribution in [2.75, 3.05) is 13.1 Å². The summed E-state index contributed by atoms with van der Waals surface area (Å²) in [4.78, 5) is 12.7. The first-order valence-corrected chi connectivity index (χ1v) is 13.1. The number of amides is 1. The van der Waals surface area contributed by atoms with Gasteiger partial charge in [0.1, 0.15) is 0 Å². The van der Waals surface area contributed by atoms with Crippen LogP contribution >= 0.6 is 0 Å². The van der Waals surface area contributed by atoms with Crippen molar-refractivity contribution in [3.63, 3.8) is 0 Å². The monoisotopic (exact) mass is 482 g/mol. The molecule has 4 rings (SSSR count). The fourth-order valence-electron chi connectivity index (χ4n) is 3.96. The number of nitrogens with zero attached hydrogens (tertiary/aromatic N) is 3. The molecule has 1 fully saturated rings. The second-order valence-electron chi connectivity index (χ2n) is 8.92. The van der Waals surface area contributed by atoms with E-state index in [0.29, 0.717) is 24.6 Å². The molecule has 0 unspecified atom stereocenters. The van der Waals surface area contributed by atoms with Gasteiger partial charge in [-0.3, -0.25) is 4.79 Å². The van der Waals surface area contributed by atoms with Crippen molar-refractivity contribution < 1.29 is 17.6 Å². The third-order valence-electron chi connectivity index (χ3n) is 6.19. The van der Waals surface area contributed by atoms with E-state index in [4.69, 9.17) is 4.42 Å². The van der Waals surface area contributed by atoms with Crippen molar-refractivity contribution in [3.8, 4) is 11.5 Å². The Morgan fingerprint density at radius 3 is 2.44 bits per heavy atom. The molecule has 0 aliphatic carbocycles. The highest BCUT2D eigenvalue weighted by Crippen LogP contribution is 2.25. The average molecular weight is 483 g/mol. The van der Waals surface area contributed by atoms with Crippen LogP contribution in [0, 0.1) is 5.92 Å². The van der Waals surface area contributed by atoms with Crippen molar-refractivity contribution in [2.24, 2.45) is 5.92 Å². The molecule has 0 radical (unpaired) electrons. The number of piperidine rings is 1. The number of nitrogens with one attached hydrogen (secondary N) is 1. The molecule has 2 aromatic carbocycles. The van der Waals surface area contributed by atoms with Crippen LogP contribution in [0.4, 0.5) is 0 Å². The lowest BCUT2D eigenvalue weighted by atomic mass is 10.0. The molecule has 9 heteroatoms. The van der Waals surface area contributed by atoms with Crippen LogP contribution in [0.15, 0.2) is 63.9 Å². The first kappa shape index (κ1) is 24.1. The maximum Gasteiger partial charge on any atom is 0.309 e. The Balaban J connectivity index is 1.36. The molecule has 1 aliphatic rings. The lowest BCUT2D eigenvalue weighted by Crippen LogP contribution is -2.37. The summed E-state index contributed by atoms with van der Waals surface area (Å²) in [7, 11) is -3.53. The predicted octanol–water partition coefficient (Wildman–Crippen LogP) is 3.91. The third-order valence-corrected chi connectivity index (χ3v) is 8.10. The molecule has 1 amide bonds. The van der Waals surface area contributed by atoms with Crippen LogP contribution in [0.5, 0.6) is 0 Å². The van der Waals surface area contributed by atoms with Gasteiger partial charge in [-0.1, -0.05) is 37.3 Å². The van der Waals surface area contributed by atoms with Crippen molar-refractivity contribution in [2.45, 2.75) is 50.5 Å². The van der Waals surface area contributed by atoms with Crippen LogP contribution in [0.3, 0.4) is 0 Å². The van der Waals surface area contributed by atoms with Crippen LogP contribution in [0.1, 0.15) is 49.4 Å². The molecule has 1 atom stereocenters. The minimum Gasteiger partial charge on any atom is -0.412 e. The van der Waals surface area contributed by atoms with Gasteiger partial charge in [0.15, 0.2) is 0 Å². The van der Waals surface area contributed by atoms with Crippen LogP contribution in [0.2, 0.25) is 0 Å². The molecule has 8 nitrogen and oxygen atoms in total. The van der Waals surface area contributed by atoms with E-state index in [-0.39, 0.29) is 22.7 Å². The first-order valence-electron chi connectivity index (χ1n) is 11.6. The summed E-state index contributed by atoms with van der Waals surface area (Å²) in [6, 6.07) is 16.3. The maximum atomic E-state index is 12.9. The quantitative estimate of drug-likeness (QED) is 0.522. The molecule has 1 aliphatic heterocycles. The van der Waals surface area contributed by atoms with Gasteiger partial charge in [-0.25, -0.2) is 8.42 Å². The molecule has 2 heterocycles. The minimum atomic E-state index is -3.53. The zero-order valence-electron chi connectivity index (χ0n) is 19.5. The Morgan fingerprint density at radius 1 is 1.09 bits per heavy atom. The second kappa shape index (κ2) is 10.5. The summed E-state index contributed by atoms with van der Waals surface area (Å²) in [5.74, 6) is 0.154. The van der Waals surface area contributed by atoms with Gasteiger partial charge in [0.2, 0.25) is 15.9 Å². The molecular weight excluding hydrogens is 452 g/mol. The molecule has 0 bridgehead atoms. The maximum absolute atomic E-state index is 12.9. The number of benzene rings is 2. The summed E-state index contributed by atoms with van der Waals surface area (Å²) in [6.45, 7) is 5.15. The van der Waals surface area contributed by atoms with Gasteiger partial charge in [0.25, 0.3) is 0 Å². The smallest absolute Gasteiger partial charge is 0.309 e. The number of aryl methyl sites for hydroxylation is 1.